The molecule has 3 rings (SSSR count). The van der Waals surface area contributed by atoms with Crippen molar-refractivity contribution in [1.82, 2.24) is 24.5 Å². The minimum absolute atomic E-state index is 0. The van der Waals surface area contributed by atoms with Gasteiger partial charge in [-0.3, -0.25) is 48.9 Å². The summed E-state index contributed by atoms with van der Waals surface area (Å²) in [5.41, 5.74) is 0.567. The molecule has 0 aromatic heterocycles. The molecule has 0 unspecified atom stereocenters. The van der Waals surface area contributed by atoms with Gasteiger partial charge >= 0.3 is 23.9 Å². The molecular weight excluding hydrogens is 790 g/mol. The number of benzene rings is 2. The summed E-state index contributed by atoms with van der Waals surface area (Å²) in [6.45, 7) is 0.401. The number of nitro benzene ring substituents is 1. The second-order valence-corrected chi connectivity index (χ2v) is 11.2. The molecule has 18 heteroatoms. The van der Waals surface area contributed by atoms with Gasteiger partial charge in [-0.05, 0) is 17.7 Å². The first-order chi connectivity index (χ1) is 22.9. The number of non-ortho nitro benzene ring substituents is 1. The zero-order valence-electron chi connectivity index (χ0n) is 26.7. The van der Waals surface area contributed by atoms with Gasteiger partial charge in [-0.25, -0.2) is 4.79 Å². The SMILES string of the molecule is O=C(O)CN1CCN(CC(=O)O)CCN(CC(=O)N(CC(=O)Oc2ccc([N+](=O)[O-])cc2)Cc2ccccc2)CCN(CC(=O)O)CC1.[Gd]. The van der Waals surface area contributed by atoms with E-state index in [1.54, 1.807) is 43.9 Å². The first kappa shape index (κ1) is 41.5. The molecule has 1 aliphatic rings. The number of rotatable bonds is 14. The third kappa shape index (κ3) is 16.1. The standard InChI is InChI=1S/C31H40N6O11.Gd/c38-27(36(18-24-4-2-1-3-5-24)23-31(45)48-26-8-6-25(7-9-26)37(46)47)19-32-10-12-33(20-28(39)40)14-16-35(22-30(43)44)17-15-34(13-11-32)21-29(41)42;/h1-9H,10-23H2,(H,39,40)(H,41,42)(H,43,44);. The molecule has 0 bridgehead atoms. The molecule has 0 aliphatic carbocycles. The Morgan fingerprint density at radius 2 is 1.08 bits per heavy atom. The summed E-state index contributed by atoms with van der Waals surface area (Å²) in [6.07, 6.45) is 0. The number of amides is 1. The van der Waals surface area contributed by atoms with Gasteiger partial charge in [0.25, 0.3) is 5.69 Å². The molecule has 0 atom stereocenters. The van der Waals surface area contributed by atoms with Crippen molar-refractivity contribution in [2.45, 2.75) is 6.54 Å². The molecule has 1 heterocycles. The van der Waals surface area contributed by atoms with E-state index in [9.17, 15) is 49.4 Å². The van der Waals surface area contributed by atoms with E-state index >= 15 is 0 Å². The number of carboxylic acid groups (broad SMARTS) is 3. The van der Waals surface area contributed by atoms with Crippen molar-refractivity contribution in [3.05, 3.63) is 70.3 Å². The number of carbonyl (C=O) groups excluding carboxylic acids is 2. The number of hydrogen-bond acceptors (Lipinski definition) is 12. The van der Waals surface area contributed by atoms with Gasteiger partial charge in [-0.2, -0.15) is 0 Å². The number of nitro groups is 1. The first-order valence-corrected chi connectivity index (χ1v) is 15.2. The monoisotopic (exact) mass is 830 g/mol. The average molecular weight is 830 g/mol. The van der Waals surface area contributed by atoms with Crippen molar-refractivity contribution < 1.29 is 88.9 Å². The molecule has 49 heavy (non-hydrogen) atoms. The van der Waals surface area contributed by atoms with Crippen LogP contribution in [0.15, 0.2) is 54.6 Å². The largest absolute Gasteiger partial charge is 0.480 e. The maximum absolute atomic E-state index is 13.8. The quantitative estimate of drug-likeness (QED) is 0.0990. The Morgan fingerprint density at radius 1 is 0.673 bits per heavy atom. The molecule has 3 N–H and O–H groups in total. The van der Waals surface area contributed by atoms with E-state index in [1.165, 1.54) is 29.2 Å². The van der Waals surface area contributed by atoms with Crippen LogP contribution in [0.3, 0.4) is 0 Å². The Bertz CT molecular complexity index is 1380. The van der Waals surface area contributed by atoms with Crippen LogP contribution in [0.4, 0.5) is 5.69 Å². The average Bonchev–Trinajstić information content (AvgIpc) is 3.02. The number of carboxylic acids is 3. The van der Waals surface area contributed by atoms with Crippen LogP contribution in [0.25, 0.3) is 0 Å². The molecule has 1 amide bonds. The van der Waals surface area contributed by atoms with E-state index in [2.05, 4.69) is 0 Å². The topological polar surface area (TPSA) is 215 Å². The Hall–Kier alpha value is -3.65. The summed E-state index contributed by atoms with van der Waals surface area (Å²) in [5.74, 6) is -4.33. The number of ether oxygens (including phenoxy) is 1. The fraction of sp³-hybridized carbons (Fsp3) is 0.452. The smallest absolute Gasteiger partial charge is 0.331 e. The number of hydrogen-bond donors (Lipinski definition) is 3. The molecule has 1 fully saturated rings. The van der Waals surface area contributed by atoms with Crippen molar-refractivity contribution in [1.29, 1.82) is 0 Å². The third-order valence-electron chi connectivity index (χ3n) is 7.53. The normalized spacial score (nSPS) is 15.5. The molecule has 17 nitrogen and oxygen atoms in total. The molecule has 0 spiro atoms. The predicted octanol–water partition coefficient (Wildman–Crippen LogP) is 0.00440. The second-order valence-electron chi connectivity index (χ2n) is 11.2. The molecule has 0 radical (unpaired) electrons. The van der Waals surface area contributed by atoms with Crippen LogP contribution >= 0.6 is 0 Å². The molecule has 1 aliphatic heterocycles. The van der Waals surface area contributed by atoms with E-state index < -0.39 is 41.3 Å². The minimum atomic E-state index is -1.07. The number of esters is 1. The summed E-state index contributed by atoms with van der Waals surface area (Å²) in [6, 6.07) is 13.9. The van der Waals surface area contributed by atoms with Crippen molar-refractivity contribution in [2.75, 3.05) is 85.1 Å². The van der Waals surface area contributed by atoms with Gasteiger partial charge < -0.3 is 25.0 Å². The van der Waals surface area contributed by atoms with Crippen LogP contribution in [0.5, 0.6) is 5.75 Å². The Labute approximate surface area is 314 Å². The summed E-state index contributed by atoms with van der Waals surface area (Å²) in [4.78, 5) is 79.7. The van der Waals surface area contributed by atoms with Gasteiger partial charge in [-0.15, -0.1) is 0 Å². The molecule has 1 saturated heterocycles. The van der Waals surface area contributed by atoms with Gasteiger partial charge in [0.05, 0.1) is 31.1 Å². The van der Waals surface area contributed by atoms with E-state index in [-0.39, 0.29) is 136 Å². The molecular formula is C31H40GdN6O11. The van der Waals surface area contributed by atoms with Crippen LogP contribution in [0, 0.1) is 50.1 Å². The van der Waals surface area contributed by atoms with E-state index in [0.29, 0.717) is 0 Å². The summed E-state index contributed by atoms with van der Waals surface area (Å²) in [5, 5.41) is 39.2. The number of nitrogens with zero attached hydrogens (tertiary/aromatic N) is 6. The third-order valence-corrected chi connectivity index (χ3v) is 7.53. The fourth-order valence-electron chi connectivity index (χ4n) is 5.07. The fourth-order valence-corrected chi connectivity index (χ4v) is 5.07. The number of carbonyl (C=O) groups is 5. The summed E-state index contributed by atoms with van der Waals surface area (Å²) >= 11 is 0. The van der Waals surface area contributed by atoms with Crippen LogP contribution < -0.4 is 4.74 Å². The molecule has 2 aromatic carbocycles. The Morgan fingerprint density at radius 3 is 1.47 bits per heavy atom. The Balaban J connectivity index is 0.00000833. The maximum Gasteiger partial charge on any atom is 0.331 e. The van der Waals surface area contributed by atoms with Crippen LogP contribution in [0.2, 0.25) is 0 Å². The van der Waals surface area contributed by atoms with Gasteiger partial charge in [0, 0.05) is 111 Å². The minimum Gasteiger partial charge on any atom is -0.480 e. The summed E-state index contributed by atoms with van der Waals surface area (Å²) in [7, 11) is 0. The molecule has 2 aromatic rings. The van der Waals surface area contributed by atoms with Crippen molar-refractivity contribution in [2.24, 2.45) is 0 Å². The van der Waals surface area contributed by atoms with Crippen LogP contribution in [-0.4, -0.2) is 160 Å². The second kappa shape index (κ2) is 21.4. The van der Waals surface area contributed by atoms with Crippen molar-refractivity contribution in [3.63, 3.8) is 0 Å². The molecule has 268 valence electrons. The molecule has 0 saturated carbocycles. The summed E-state index contributed by atoms with van der Waals surface area (Å²) < 4.78 is 5.35. The van der Waals surface area contributed by atoms with Crippen LogP contribution in [0.1, 0.15) is 5.56 Å². The van der Waals surface area contributed by atoms with Gasteiger partial charge in [0.1, 0.15) is 12.3 Å². The van der Waals surface area contributed by atoms with Gasteiger partial charge in [0.2, 0.25) is 5.91 Å². The van der Waals surface area contributed by atoms with E-state index in [0.717, 1.165) is 5.56 Å². The zero-order chi connectivity index (χ0) is 35.1. The maximum atomic E-state index is 13.8. The van der Waals surface area contributed by atoms with Gasteiger partial charge in [0.15, 0.2) is 0 Å². The van der Waals surface area contributed by atoms with Crippen LogP contribution in [-0.2, 0) is 30.5 Å². The van der Waals surface area contributed by atoms with E-state index in [1.807, 2.05) is 6.07 Å². The predicted molar refractivity (Wildman–Crippen MR) is 169 cm³/mol. The van der Waals surface area contributed by atoms with Gasteiger partial charge in [-0.1, -0.05) is 30.3 Å². The Kier molecular flexibility index (Phi) is 18.2. The zero-order valence-corrected chi connectivity index (χ0v) is 29.0. The van der Waals surface area contributed by atoms with Crippen molar-refractivity contribution in [3.8, 4) is 5.75 Å². The van der Waals surface area contributed by atoms with E-state index in [4.69, 9.17) is 4.74 Å². The first-order valence-electron chi connectivity index (χ1n) is 15.2. The number of aliphatic carboxylic acids is 3. The van der Waals surface area contributed by atoms with Crippen molar-refractivity contribution >= 4 is 35.5 Å².